The van der Waals surface area contributed by atoms with Gasteiger partial charge in [-0.25, -0.2) is 12.8 Å². The van der Waals surface area contributed by atoms with Crippen LogP contribution in [0.5, 0.6) is 5.75 Å². The summed E-state index contributed by atoms with van der Waals surface area (Å²) in [6.45, 7) is 0. The fourth-order valence-electron chi connectivity index (χ4n) is 5.06. The molecule has 1 spiro atoms. The number of nitrogens with one attached hydrogen (secondary N) is 1. The summed E-state index contributed by atoms with van der Waals surface area (Å²) in [4.78, 5) is 13.0. The molecule has 7 heteroatoms. The summed E-state index contributed by atoms with van der Waals surface area (Å²) in [6, 6.07) is 16.3. The summed E-state index contributed by atoms with van der Waals surface area (Å²) >= 11 is 0. The minimum absolute atomic E-state index is 0.0362. The minimum atomic E-state index is -3.93. The van der Waals surface area contributed by atoms with Crippen LogP contribution in [0, 0.1) is 5.82 Å². The van der Waals surface area contributed by atoms with E-state index >= 15 is 0 Å². The zero-order valence-electron chi connectivity index (χ0n) is 18.2. The number of anilines is 1. The number of hydrogen-bond acceptors (Lipinski definition) is 4. The molecule has 5 nitrogen and oxygen atoms in total. The summed E-state index contributed by atoms with van der Waals surface area (Å²) < 4.78 is 48.1. The van der Waals surface area contributed by atoms with Crippen LogP contribution in [0.2, 0.25) is 0 Å². The van der Waals surface area contributed by atoms with Crippen LogP contribution in [0.15, 0.2) is 65.6 Å². The van der Waals surface area contributed by atoms with E-state index in [0.29, 0.717) is 18.5 Å². The highest BCUT2D eigenvalue weighted by Crippen LogP contribution is 2.52. The molecule has 0 unspecified atom stereocenters. The van der Waals surface area contributed by atoms with Crippen LogP contribution < -0.4 is 9.46 Å². The van der Waals surface area contributed by atoms with Crippen LogP contribution >= 0.6 is 0 Å². The van der Waals surface area contributed by atoms with Gasteiger partial charge in [0.2, 0.25) is 0 Å². The first kappa shape index (κ1) is 21.6. The van der Waals surface area contributed by atoms with E-state index in [1.807, 2.05) is 6.07 Å². The van der Waals surface area contributed by atoms with Gasteiger partial charge in [0.05, 0.1) is 12.5 Å². The van der Waals surface area contributed by atoms with Gasteiger partial charge in [-0.2, -0.15) is 0 Å². The van der Waals surface area contributed by atoms with Crippen molar-refractivity contribution >= 4 is 21.5 Å². The number of rotatable bonds is 6. The quantitative estimate of drug-likeness (QED) is 0.569. The summed E-state index contributed by atoms with van der Waals surface area (Å²) in [6.07, 6.45) is 3.27. The Labute approximate surface area is 192 Å². The molecule has 0 aliphatic heterocycles. The summed E-state index contributed by atoms with van der Waals surface area (Å²) in [5.74, 6) is 0.106. The smallest absolute Gasteiger partial charge is 0.265 e. The van der Waals surface area contributed by atoms with Crippen molar-refractivity contribution in [1.29, 1.82) is 0 Å². The van der Waals surface area contributed by atoms with E-state index < -0.39 is 15.4 Å². The first-order valence-corrected chi connectivity index (χ1v) is 12.4. The number of benzene rings is 3. The number of halogens is 1. The standard InChI is InChI=1S/C26H24FNO4S/c1-32-23-8-2-3-9-24(23)33(30,31)28-20-14-18(12-17-6-4-7-19(27)13-17)21-16-25(29)26(10-5-11-26)22(21)15-20/h2-4,6-9,13-15,28H,5,10-12,16H2,1H3. The van der Waals surface area contributed by atoms with Crippen molar-refractivity contribution in [1.82, 2.24) is 0 Å². The second-order valence-electron chi connectivity index (χ2n) is 8.76. The fraction of sp³-hybridized carbons (Fsp3) is 0.269. The Kier molecular flexibility index (Phi) is 5.24. The zero-order valence-corrected chi connectivity index (χ0v) is 19.0. The monoisotopic (exact) mass is 465 g/mol. The lowest BCUT2D eigenvalue weighted by Crippen LogP contribution is -2.39. The topological polar surface area (TPSA) is 72.5 Å². The van der Waals surface area contributed by atoms with Gasteiger partial charge >= 0.3 is 0 Å². The van der Waals surface area contributed by atoms with Crippen LogP contribution in [0.4, 0.5) is 10.1 Å². The van der Waals surface area contributed by atoms with Crippen molar-refractivity contribution in [3.63, 3.8) is 0 Å². The third-order valence-electron chi connectivity index (χ3n) is 6.83. The Bertz CT molecular complexity index is 1360. The molecule has 0 amide bonds. The van der Waals surface area contributed by atoms with Crippen LogP contribution in [0.3, 0.4) is 0 Å². The van der Waals surface area contributed by atoms with Crippen LogP contribution in [-0.2, 0) is 33.1 Å². The minimum Gasteiger partial charge on any atom is -0.495 e. The summed E-state index contributed by atoms with van der Waals surface area (Å²) in [7, 11) is -2.51. The molecule has 1 fully saturated rings. The molecule has 0 heterocycles. The highest BCUT2D eigenvalue weighted by Gasteiger charge is 2.51. The molecule has 3 aromatic rings. The fourth-order valence-corrected chi connectivity index (χ4v) is 6.27. The number of carbonyl (C=O) groups is 1. The van der Waals surface area contributed by atoms with Crippen molar-refractivity contribution in [3.05, 3.63) is 88.7 Å². The number of sulfonamides is 1. The first-order chi connectivity index (χ1) is 15.8. The van der Waals surface area contributed by atoms with E-state index in [2.05, 4.69) is 4.72 Å². The molecule has 5 rings (SSSR count). The van der Waals surface area contributed by atoms with Gasteiger partial charge in [0.1, 0.15) is 22.2 Å². The van der Waals surface area contributed by atoms with Gasteiger partial charge in [0.25, 0.3) is 10.0 Å². The summed E-state index contributed by atoms with van der Waals surface area (Å²) in [5, 5.41) is 0. The van der Waals surface area contributed by atoms with Gasteiger partial charge in [-0.3, -0.25) is 9.52 Å². The van der Waals surface area contributed by atoms with Crippen molar-refractivity contribution in [2.24, 2.45) is 0 Å². The molecule has 1 saturated carbocycles. The molecule has 0 saturated heterocycles. The van der Waals surface area contributed by atoms with Crippen molar-refractivity contribution in [3.8, 4) is 5.75 Å². The van der Waals surface area contributed by atoms with E-state index in [1.54, 1.807) is 36.4 Å². The lowest BCUT2D eigenvalue weighted by Gasteiger charge is -2.38. The van der Waals surface area contributed by atoms with Crippen molar-refractivity contribution in [2.75, 3.05) is 11.8 Å². The van der Waals surface area contributed by atoms with Crippen LogP contribution in [0.1, 0.15) is 41.5 Å². The third kappa shape index (κ3) is 3.70. The van der Waals surface area contributed by atoms with Gasteiger partial charge in [0, 0.05) is 12.1 Å². The summed E-state index contributed by atoms with van der Waals surface area (Å²) in [5.41, 5.74) is 3.34. The van der Waals surface area contributed by atoms with E-state index in [-0.39, 0.29) is 22.2 Å². The van der Waals surface area contributed by atoms with E-state index in [1.165, 1.54) is 25.3 Å². The van der Waals surface area contributed by atoms with Crippen LogP contribution in [0.25, 0.3) is 0 Å². The number of methoxy groups -OCH3 is 1. The average Bonchev–Trinajstić information content (AvgIpc) is 3.06. The predicted molar refractivity (Wildman–Crippen MR) is 124 cm³/mol. The Morgan fingerprint density at radius 1 is 1.06 bits per heavy atom. The van der Waals surface area contributed by atoms with Crippen molar-refractivity contribution in [2.45, 2.75) is 42.4 Å². The normalized spacial score (nSPS) is 16.4. The molecule has 0 radical (unpaired) electrons. The lowest BCUT2D eigenvalue weighted by molar-refractivity contribution is -0.125. The van der Waals surface area contributed by atoms with Gasteiger partial charge in [-0.15, -0.1) is 0 Å². The number of ether oxygens (including phenoxy) is 1. The second-order valence-corrected chi connectivity index (χ2v) is 10.4. The Morgan fingerprint density at radius 3 is 2.55 bits per heavy atom. The SMILES string of the molecule is COc1ccccc1S(=O)(=O)Nc1cc(Cc2cccc(F)c2)c2c(c1)C1(CCC1)C(=O)C2. The Balaban J connectivity index is 1.59. The number of ketones is 1. The van der Waals surface area contributed by atoms with E-state index in [4.69, 9.17) is 4.74 Å². The molecular formula is C26H24FNO4S. The van der Waals surface area contributed by atoms with E-state index in [9.17, 15) is 17.6 Å². The molecule has 0 bridgehead atoms. The molecule has 0 aromatic heterocycles. The second kappa shape index (κ2) is 7.99. The molecule has 33 heavy (non-hydrogen) atoms. The number of fused-ring (bicyclic) bond motifs is 2. The molecule has 170 valence electrons. The molecule has 1 N–H and O–H groups in total. The van der Waals surface area contributed by atoms with Gasteiger partial charge in [-0.1, -0.05) is 30.7 Å². The maximum atomic E-state index is 13.8. The molecule has 2 aliphatic rings. The number of hydrogen-bond donors (Lipinski definition) is 1. The first-order valence-electron chi connectivity index (χ1n) is 10.9. The maximum absolute atomic E-state index is 13.8. The van der Waals surface area contributed by atoms with Crippen molar-refractivity contribution < 1.29 is 22.3 Å². The maximum Gasteiger partial charge on any atom is 0.265 e. The largest absolute Gasteiger partial charge is 0.495 e. The highest BCUT2D eigenvalue weighted by atomic mass is 32.2. The molecule has 2 aliphatic carbocycles. The Morgan fingerprint density at radius 2 is 1.85 bits per heavy atom. The zero-order chi connectivity index (χ0) is 23.2. The number of Topliss-reactive ketones (excluding diaryl/α,β-unsaturated/α-hetero) is 1. The van der Waals surface area contributed by atoms with Gasteiger partial charge in [-0.05, 0) is 77.9 Å². The molecular weight excluding hydrogens is 441 g/mol. The molecule has 0 atom stereocenters. The predicted octanol–water partition coefficient (Wildman–Crippen LogP) is 4.77. The third-order valence-corrected chi connectivity index (χ3v) is 8.25. The van der Waals surface area contributed by atoms with Gasteiger partial charge in [0.15, 0.2) is 0 Å². The van der Waals surface area contributed by atoms with Crippen LogP contribution in [-0.4, -0.2) is 21.3 Å². The molecule has 3 aromatic carbocycles. The van der Waals surface area contributed by atoms with Gasteiger partial charge < -0.3 is 4.74 Å². The number of carbonyl (C=O) groups excluding carboxylic acids is 1. The highest BCUT2D eigenvalue weighted by molar-refractivity contribution is 7.92. The Hall–Kier alpha value is -3.19. The van der Waals surface area contributed by atoms with E-state index in [0.717, 1.165) is 41.5 Å². The lowest BCUT2D eigenvalue weighted by atomic mass is 9.64. The average molecular weight is 466 g/mol. The number of para-hydroxylation sites is 1.